The Morgan fingerprint density at radius 2 is 1.64 bits per heavy atom. The molecule has 1 aromatic carbocycles. The Labute approximate surface area is 253 Å². The molecule has 1 aromatic rings. The quantitative estimate of drug-likeness (QED) is 0.0681. The molecule has 0 saturated carbocycles. The number of carbonyl (C=O) groups is 2. The molecule has 42 heavy (non-hydrogen) atoms. The third-order valence-electron chi connectivity index (χ3n) is 4.77. The smallest absolute Gasteiger partial charge is 0.251 e. The number of likely N-dealkylation sites (N-methyl/N-ethyl adjacent to an activating group) is 2. The van der Waals surface area contributed by atoms with Crippen molar-refractivity contribution in [3.05, 3.63) is 29.8 Å². The molecule has 1 rings (SSSR count). The molecule has 1 atom stereocenters. The van der Waals surface area contributed by atoms with Gasteiger partial charge in [-0.3, -0.25) is 4.79 Å². The van der Waals surface area contributed by atoms with Gasteiger partial charge in [-0.15, -0.1) is 0 Å². The highest BCUT2D eigenvalue weighted by atomic mass is 16.6. The van der Waals surface area contributed by atoms with Crippen molar-refractivity contribution in [3.63, 3.8) is 0 Å². The minimum Gasteiger partial charge on any atom is -0.489 e. The third kappa shape index (κ3) is 29.0. The first-order valence-electron chi connectivity index (χ1n) is 14.8. The van der Waals surface area contributed by atoms with Crippen molar-refractivity contribution >= 4 is 12.2 Å². The average molecular weight is 597 g/mol. The summed E-state index contributed by atoms with van der Waals surface area (Å²) in [4.78, 5) is 22.2. The van der Waals surface area contributed by atoms with Crippen LogP contribution in [0.3, 0.4) is 0 Å². The van der Waals surface area contributed by atoms with Crippen LogP contribution in [0, 0.1) is 17.8 Å². The molecule has 11 nitrogen and oxygen atoms in total. The molecular formula is C31H56N4O7. The van der Waals surface area contributed by atoms with Gasteiger partial charge in [0, 0.05) is 44.1 Å². The molecule has 11 heteroatoms. The topological polar surface area (TPSA) is 142 Å². The fourth-order valence-electron chi connectivity index (χ4n) is 2.75. The molecule has 0 aliphatic carbocycles. The van der Waals surface area contributed by atoms with Crippen LogP contribution in [0.25, 0.3) is 0 Å². The van der Waals surface area contributed by atoms with Crippen LogP contribution in [0.4, 0.5) is 0 Å². The lowest BCUT2D eigenvalue weighted by Gasteiger charge is -2.15. The van der Waals surface area contributed by atoms with E-state index < -0.39 is 6.23 Å². The molecule has 0 bridgehead atoms. The number of ether oxygens (including phenoxy) is 5. The predicted molar refractivity (Wildman–Crippen MR) is 168 cm³/mol. The second-order valence-electron chi connectivity index (χ2n) is 8.77. The predicted octanol–water partition coefficient (Wildman–Crippen LogP) is 2.24. The average Bonchev–Trinajstić information content (AvgIpc) is 3.00. The summed E-state index contributed by atoms with van der Waals surface area (Å²) in [5.74, 6) is 6.81. The van der Waals surface area contributed by atoms with Gasteiger partial charge in [-0.2, -0.15) is 0 Å². The summed E-state index contributed by atoms with van der Waals surface area (Å²) in [7, 11) is 3.73. The van der Waals surface area contributed by atoms with Gasteiger partial charge in [0.1, 0.15) is 31.5 Å². The Morgan fingerprint density at radius 3 is 2.31 bits per heavy atom. The highest BCUT2D eigenvalue weighted by molar-refractivity contribution is 5.94. The van der Waals surface area contributed by atoms with E-state index in [1.165, 1.54) is 0 Å². The molecule has 0 heterocycles. The van der Waals surface area contributed by atoms with Gasteiger partial charge in [-0.1, -0.05) is 45.6 Å². The lowest BCUT2D eigenvalue weighted by molar-refractivity contribution is -0.108. The van der Waals surface area contributed by atoms with Crippen LogP contribution >= 0.6 is 0 Å². The zero-order valence-electron chi connectivity index (χ0n) is 26.7. The number of nitrogens with two attached hydrogens (primary N) is 1. The largest absolute Gasteiger partial charge is 0.489 e. The van der Waals surface area contributed by atoms with Gasteiger partial charge < -0.3 is 50.2 Å². The van der Waals surface area contributed by atoms with Crippen LogP contribution in [0.15, 0.2) is 24.3 Å². The Hall–Kier alpha value is -2.56. The van der Waals surface area contributed by atoms with Crippen molar-refractivity contribution < 1.29 is 33.3 Å². The molecule has 0 spiro atoms. The van der Waals surface area contributed by atoms with Gasteiger partial charge in [-0.25, -0.2) is 0 Å². The first kappa shape index (κ1) is 41.6. The van der Waals surface area contributed by atoms with E-state index in [2.05, 4.69) is 41.6 Å². The van der Waals surface area contributed by atoms with E-state index in [9.17, 15) is 9.59 Å². The number of aldehydes is 1. The van der Waals surface area contributed by atoms with Crippen LogP contribution < -0.4 is 26.4 Å². The molecule has 0 aliphatic heterocycles. The second-order valence-corrected chi connectivity index (χ2v) is 8.77. The normalized spacial score (nSPS) is 10.8. The van der Waals surface area contributed by atoms with Crippen LogP contribution in [0.1, 0.15) is 50.9 Å². The number of hydrogen-bond acceptors (Lipinski definition) is 10. The summed E-state index contributed by atoms with van der Waals surface area (Å²) in [5.41, 5.74) is 6.39. The first-order chi connectivity index (χ1) is 20.4. The van der Waals surface area contributed by atoms with E-state index in [4.69, 9.17) is 29.4 Å². The van der Waals surface area contributed by atoms with Crippen molar-refractivity contribution in [1.82, 2.24) is 16.0 Å². The monoisotopic (exact) mass is 596 g/mol. The Bertz CT molecular complexity index is 816. The van der Waals surface area contributed by atoms with Crippen molar-refractivity contribution in [3.8, 4) is 17.6 Å². The highest BCUT2D eigenvalue weighted by Crippen LogP contribution is 2.13. The number of unbranched alkanes of at least 4 members (excludes halogenated alkanes) is 1. The number of benzene rings is 1. The number of hydrogen-bond donors (Lipinski definition) is 4. The summed E-state index contributed by atoms with van der Waals surface area (Å²) in [6, 6.07) is 6.90. The van der Waals surface area contributed by atoms with Gasteiger partial charge in [-0.05, 0) is 38.7 Å². The van der Waals surface area contributed by atoms with Crippen LogP contribution in [-0.4, -0.2) is 105 Å². The molecule has 1 amide bonds. The molecule has 0 aliphatic rings. The van der Waals surface area contributed by atoms with Crippen LogP contribution in [0.2, 0.25) is 0 Å². The number of amides is 1. The molecule has 0 radical (unpaired) electrons. The molecule has 5 N–H and O–H groups in total. The zero-order chi connectivity index (χ0) is 31.7. The maximum absolute atomic E-state index is 12.0. The minimum absolute atomic E-state index is 0.156. The lowest BCUT2D eigenvalue weighted by Crippen LogP contribution is -2.32. The van der Waals surface area contributed by atoms with E-state index in [0.717, 1.165) is 25.9 Å². The van der Waals surface area contributed by atoms with Crippen molar-refractivity contribution in [2.75, 3.05) is 86.6 Å². The first-order valence-corrected chi connectivity index (χ1v) is 14.8. The van der Waals surface area contributed by atoms with E-state index in [1.54, 1.807) is 24.3 Å². The van der Waals surface area contributed by atoms with Gasteiger partial charge >= 0.3 is 0 Å². The molecule has 0 fully saturated rings. The molecule has 242 valence electrons. The lowest BCUT2D eigenvalue weighted by atomic mass is 10.2. The van der Waals surface area contributed by atoms with Gasteiger partial charge in [0.05, 0.1) is 33.0 Å². The maximum atomic E-state index is 12.0. The fourth-order valence-corrected chi connectivity index (χ4v) is 2.75. The SMILES string of the molecule is CC.CNCCNC(=O)c1cccc(OCC(N)OCCOCCOCCCC=O)c1.CNCCOCC#CC(C)C. The molecular weight excluding hydrogens is 540 g/mol. The standard InChI is InChI=1S/C20H33N3O6.C9H17NO.C2H6/c1-22-7-8-23-20(25)17-5-4-6-18(15-17)29-16-19(21)28-14-13-27-12-11-26-10-3-2-9-24;1-9(2)5-4-7-11-8-6-10-3;1-2/h4-6,9,15,19,22H,2-3,7-8,10-14,16,21H2,1H3,(H,23,25);9-10H,6-8H2,1-3H3;1-2H3. The van der Waals surface area contributed by atoms with Crippen molar-refractivity contribution in [2.45, 2.75) is 46.8 Å². The Kier molecular flexibility index (Phi) is 32.6. The summed E-state index contributed by atoms with van der Waals surface area (Å²) in [6.07, 6.45) is 1.52. The Balaban J connectivity index is 0. The van der Waals surface area contributed by atoms with Gasteiger partial charge in [0.15, 0.2) is 0 Å². The number of carbonyl (C=O) groups excluding carboxylic acids is 2. The van der Waals surface area contributed by atoms with E-state index in [-0.39, 0.29) is 12.5 Å². The fraction of sp³-hybridized carbons (Fsp3) is 0.677. The zero-order valence-corrected chi connectivity index (χ0v) is 26.7. The summed E-state index contributed by atoms with van der Waals surface area (Å²) < 4.78 is 26.9. The maximum Gasteiger partial charge on any atom is 0.251 e. The molecule has 1 unspecified atom stereocenters. The van der Waals surface area contributed by atoms with E-state index >= 15 is 0 Å². The Morgan fingerprint density at radius 1 is 0.952 bits per heavy atom. The van der Waals surface area contributed by atoms with Crippen LogP contribution in [-0.2, 0) is 23.7 Å². The van der Waals surface area contributed by atoms with Gasteiger partial charge in [0.2, 0.25) is 0 Å². The summed E-state index contributed by atoms with van der Waals surface area (Å²) >= 11 is 0. The minimum atomic E-state index is -0.605. The highest BCUT2D eigenvalue weighted by Gasteiger charge is 2.08. The third-order valence-corrected chi connectivity index (χ3v) is 4.77. The van der Waals surface area contributed by atoms with E-state index in [1.807, 2.05) is 27.9 Å². The van der Waals surface area contributed by atoms with Crippen molar-refractivity contribution in [1.29, 1.82) is 0 Å². The molecule has 0 aromatic heterocycles. The second kappa shape index (κ2) is 32.9. The number of rotatable bonds is 22. The van der Waals surface area contributed by atoms with Crippen LogP contribution in [0.5, 0.6) is 5.75 Å². The summed E-state index contributed by atoms with van der Waals surface area (Å²) in [6.45, 7) is 14.0. The van der Waals surface area contributed by atoms with Gasteiger partial charge in [0.25, 0.3) is 5.91 Å². The van der Waals surface area contributed by atoms with E-state index in [0.29, 0.717) is 76.4 Å². The number of nitrogens with one attached hydrogen (secondary N) is 3. The van der Waals surface area contributed by atoms with Crippen molar-refractivity contribution in [2.24, 2.45) is 11.7 Å². The summed E-state index contributed by atoms with van der Waals surface area (Å²) in [5, 5.41) is 8.77. The molecule has 0 saturated heterocycles.